The predicted molar refractivity (Wildman–Crippen MR) is 84.9 cm³/mol. The molecule has 1 aromatic carbocycles. The number of benzene rings is 1. The zero-order valence-electron chi connectivity index (χ0n) is 12.3. The van der Waals surface area contributed by atoms with Crippen molar-refractivity contribution in [2.75, 3.05) is 5.32 Å². The van der Waals surface area contributed by atoms with E-state index in [-0.39, 0.29) is 5.92 Å². The van der Waals surface area contributed by atoms with Gasteiger partial charge in [0.25, 0.3) is 0 Å². The van der Waals surface area contributed by atoms with Crippen LogP contribution in [0.5, 0.6) is 0 Å². The third kappa shape index (κ3) is 3.71. The predicted octanol–water partition coefficient (Wildman–Crippen LogP) is 4.37. The van der Waals surface area contributed by atoms with Gasteiger partial charge in [0.2, 0.25) is 0 Å². The highest BCUT2D eigenvalue weighted by Crippen LogP contribution is 2.25. The summed E-state index contributed by atoms with van der Waals surface area (Å²) in [6, 6.07) is 9.83. The van der Waals surface area contributed by atoms with Crippen LogP contribution in [0.25, 0.3) is 0 Å². The average Bonchev–Trinajstić information content (AvgIpc) is 2.45. The Morgan fingerprint density at radius 1 is 1.24 bits per heavy atom. The summed E-state index contributed by atoms with van der Waals surface area (Å²) in [5, 5.41) is 12.4. The quantitative estimate of drug-likeness (QED) is 0.852. The summed E-state index contributed by atoms with van der Waals surface area (Å²) < 4.78 is 0. The molecule has 4 nitrogen and oxygen atoms in total. The second-order valence-corrected chi connectivity index (χ2v) is 5.52. The molecule has 0 fully saturated rings. The van der Waals surface area contributed by atoms with E-state index < -0.39 is 0 Å². The van der Waals surface area contributed by atoms with Gasteiger partial charge in [-0.2, -0.15) is 5.26 Å². The standard InChI is InChI=1S/C16H17ClN4/c1-10(2)15-20-14(17)11(3)16(21-15)19-13-6-4-12(5-7-13)8-9-18/h4-7,10H,8H2,1-3H3,(H,19,20,21). The van der Waals surface area contributed by atoms with Gasteiger partial charge in [0.15, 0.2) is 0 Å². The molecular formula is C16H17ClN4. The minimum absolute atomic E-state index is 0.210. The average molecular weight is 301 g/mol. The number of nitrogens with zero attached hydrogens (tertiary/aromatic N) is 3. The van der Waals surface area contributed by atoms with Crippen LogP contribution in [0.3, 0.4) is 0 Å². The van der Waals surface area contributed by atoms with E-state index in [1.807, 2.05) is 45.0 Å². The summed E-state index contributed by atoms with van der Waals surface area (Å²) in [6.45, 7) is 5.95. The molecule has 0 amide bonds. The molecule has 0 bridgehead atoms. The van der Waals surface area contributed by atoms with Crippen LogP contribution in [-0.2, 0) is 6.42 Å². The van der Waals surface area contributed by atoms with Gasteiger partial charge in [-0.05, 0) is 24.6 Å². The number of rotatable bonds is 4. The lowest BCUT2D eigenvalue weighted by Crippen LogP contribution is -2.05. The first-order chi connectivity index (χ1) is 10.0. The summed E-state index contributed by atoms with van der Waals surface area (Å²) in [6.07, 6.45) is 0.413. The van der Waals surface area contributed by atoms with Gasteiger partial charge in [0, 0.05) is 17.2 Å². The first-order valence-corrected chi connectivity index (χ1v) is 7.16. The van der Waals surface area contributed by atoms with Crippen LogP contribution in [0.1, 0.15) is 36.7 Å². The molecule has 0 radical (unpaired) electrons. The highest BCUT2D eigenvalue weighted by molar-refractivity contribution is 6.30. The van der Waals surface area contributed by atoms with Crippen LogP contribution < -0.4 is 5.32 Å². The topological polar surface area (TPSA) is 61.6 Å². The minimum Gasteiger partial charge on any atom is -0.340 e. The van der Waals surface area contributed by atoms with Crippen LogP contribution in [0.15, 0.2) is 24.3 Å². The van der Waals surface area contributed by atoms with E-state index in [9.17, 15) is 0 Å². The number of halogens is 1. The van der Waals surface area contributed by atoms with Crippen molar-refractivity contribution in [2.24, 2.45) is 0 Å². The highest BCUT2D eigenvalue weighted by Gasteiger charge is 2.12. The third-order valence-corrected chi connectivity index (χ3v) is 3.49. The maximum absolute atomic E-state index is 8.68. The number of anilines is 2. The van der Waals surface area contributed by atoms with Gasteiger partial charge in [0.1, 0.15) is 16.8 Å². The molecule has 108 valence electrons. The maximum atomic E-state index is 8.68. The zero-order chi connectivity index (χ0) is 15.4. The number of hydrogen-bond donors (Lipinski definition) is 1. The van der Waals surface area contributed by atoms with Gasteiger partial charge >= 0.3 is 0 Å². The van der Waals surface area contributed by atoms with Crippen molar-refractivity contribution < 1.29 is 0 Å². The summed E-state index contributed by atoms with van der Waals surface area (Å²) in [7, 11) is 0. The lowest BCUT2D eigenvalue weighted by molar-refractivity contribution is 0.773. The van der Waals surface area contributed by atoms with Crippen LogP contribution in [0, 0.1) is 18.3 Å². The molecule has 5 heteroatoms. The van der Waals surface area contributed by atoms with Gasteiger partial charge < -0.3 is 5.32 Å². The molecule has 1 aromatic heterocycles. The van der Waals surface area contributed by atoms with Crippen molar-refractivity contribution in [3.05, 3.63) is 46.4 Å². The highest BCUT2D eigenvalue weighted by atomic mass is 35.5. The first kappa shape index (κ1) is 15.3. The van der Waals surface area contributed by atoms with Crippen LogP contribution >= 0.6 is 11.6 Å². The molecule has 0 spiro atoms. The molecule has 0 aliphatic heterocycles. The van der Waals surface area contributed by atoms with Crippen molar-refractivity contribution >= 4 is 23.1 Å². The monoisotopic (exact) mass is 300 g/mol. The lowest BCUT2D eigenvalue weighted by atomic mass is 10.1. The molecule has 2 rings (SSSR count). The Morgan fingerprint density at radius 2 is 1.90 bits per heavy atom. The van der Waals surface area contributed by atoms with Crippen LogP contribution in [0.2, 0.25) is 5.15 Å². The summed E-state index contributed by atoms with van der Waals surface area (Å²) in [5.41, 5.74) is 2.72. The van der Waals surface area contributed by atoms with E-state index in [2.05, 4.69) is 21.4 Å². The van der Waals surface area contributed by atoms with E-state index in [1.54, 1.807) is 0 Å². The Bertz CT molecular complexity index is 672. The van der Waals surface area contributed by atoms with Gasteiger partial charge in [0.05, 0.1) is 12.5 Å². The molecule has 0 aliphatic carbocycles. The van der Waals surface area contributed by atoms with E-state index >= 15 is 0 Å². The van der Waals surface area contributed by atoms with Crippen molar-refractivity contribution in [3.8, 4) is 6.07 Å². The fraction of sp³-hybridized carbons (Fsp3) is 0.312. The third-order valence-electron chi connectivity index (χ3n) is 3.12. The Kier molecular flexibility index (Phi) is 4.77. The van der Waals surface area contributed by atoms with Crippen LogP contribution in [0.4, 0.5) is 11.5 Å². The summed E-state index contributed by atoms with van der Waals surface area (Å²) >= 11 is 6.17. The SMILES string of the molecule is Cc1c(Cl)nc(C(C)C)nc1Nc1ccc(CC#N)cc1. The van der Waals surface area contributed by atoms with Crippen molar-refractivity contribution in [1.29, 1.82) is 5.26 Å². The number of nitriles is 1. The zero-order valence-corrected chi connectivity index (χ0v) is 13.1. The van der Waals surface area contributed by atoms with Crippen LogP contribution in [-0.4, -0.2) is 9.97 Å². The van der Waals surface area contributed by atoms with E-state index in [1.165, 1.54) is 0 Å². The molecule has 1 heterocycles. The summed E-state index contributed by atoms with van der Waals surface area (Å²) in [5.74, 6) is 1.64. The first-order valence-electron chi connectivity index (χ1n) is 6.78. The molecule has 0 unspecified atom stereocenters. The number of nitrogens with one attached hydrogen (secondary N) is 1. The summed E-state index contributed by atoms with van der Waals surface area (Å²) in [4.78, 5) is 8.82. The largest absolute Gasteiger partial charge is 0.340 e. The van der Waals surface area contributed by atoms with E-state index in [4.69, 9.17) is 16.9 Å². The minimum atomic E-state index is 0.210. The van der Waals surface area contributed by atoms with Crippen molar-refractivity contribution in [2.45, 2.75) is 33.1 Å². The molecule has 0 atom stereocenters. The fourth-order valence-electron chi connectivity index (χ4n) is 1.82. The second kappa shape index (κ2) is 6.55. The second-order valence-electron chi connectivity index (χ2n) is 5.16. The molecule has 0 saturated carbocycles. The fourth-order valence-corrected chi connectivity index (χ4v) is 2.00. The number of hydrogen-bond acceptors (Lipinski definition) is 4. The van der Waals surface area contributed by atoms with Gasteiger partial charge in [-0.3, -0.25) is 0 Å². The normalized spacial score (nSPS) is 10.5. The van der Waals surface area contributed by atoms with Crippen molar-refractivity contribution in [1.82, 2.24) is 9.97 Å². The molecule has 1 N–H and O–H groups in total. The lowest BCUT2D eigenvalue weighted by Gasteiger charge is -2.13. The Morgan fingerprint density at radius 3 is 2.48 bits per heavy atom. The number of aromatic nitrogens is 2. The van der Waals surface area contributed by atoms with E-state index in [0.717, 1.165) is 16.8 Å². The van der Waals surface area contributed by atoms with Crippen molar-refractivity contribution in [3.63, 3.8) is 0 Å². The Hall–Kier alpha value is -2.12. The van der Waals surface area contributed by atoms with E-state index in [0.29, 0.717) is 23.2 Å². The molecular weight excluding hydrogens is 284 g/mol. The van der Waals surface area contributed by atoms with Gasteiger partial charge in [-0.15, -0.1) is 0 Å². The molecule has 2 aromatic rings. The molecule has 0 aliphatic rings. The van der Waals surface area contributed by atoms with Gasteiger partial charge in [-0.25, -0.2) is 9.97 Å². The molecule has 21 heavy (non-hydrogen) atoms. The maximum Gasteiger partial charge on any atom is 0.138 e. The molecule has 0 saturated heterocycles. The smallest absolute Gasteiger partial charge is 0.138 e. The Labute approximate surface area is 129 Å². The Balaban J connectivity index is 2.28. The van der Waals surface area contributed by atoms with Gasteiger partial charge in [-0.1, -0.05) is 37.6 Å².